The molecule has 0 unspecified atom stereocenters. The second-order valence-corrected chi connectivity index (χ2v) is 6.06. The van der Waals surface area contributed by atoms with Gasteiger partial charge >= 0.3 is 6.09 Å². The molecule has 0 saturated carbocycles. The summed E-state index contributed by atoms with van der Waals surface area (Å²) in [6.07, 6.45) is 3.75. The van der Waals surface area contributed by atoms with Gasteiger partial charge in [0.2, 0.25) is 0 Å². The second kappa shape index (κ2) is 5.38. The summed E-state index contributed by atoms with van der Waals surface area (Å²) in [5.41, 5.74) is 0.263. The summed E-state index contributed by atoms with van der Waals surface area (Å²) in [6, 6.07) is 3.85. The van der Waals surface area contributed by atoms with Gasteiger partial charge in [-0.2, -0.15) is 0 Å². The van der Waals surface area contributed by atoms with Crippen LogP contribution in [0.15, 0.2) is 24.5 Å². The predicted molar refractivity (Wildman–Crippen MR) is 71.4 cm³/mol. The molecule has 4 nitrogen and oxygen atoms in total. The molecule has 0 aliphatic heterocycles. The van der Waals surface area contributed by atoms with Gasteiger partial charge in [0.1, 0.15) is 5.60 Å². The van der Waals surface area contributed by atoms with Crippen LogP contribution in [0.5, 0.6) is 0 Å². The number of alkyl carbamates (subject to hydrolysis) is 1. The Hall–Kier alpha value is -1.58. The number of nitrogens with one attached hydrogen (secondary N) is 1. The molecule has 100 valence electrons. The summed E-state index contributed by atoms with van der Waals surface area (Å²) >= 11 is 0. The molecule has 1 aromatic heterocycles. The van der Waals surface area contributed by atoms with Gasteiger partial charge in [0, 0.05) is 24.4 Å². The van der Waals surface area contributed by atoms with E-state index in [0.717, 1.165) is 5.56 Å². The van der Waals surface area contributed by atoms with E-state index in [1.54, 1.807) is 12.4 Å². The minimum Gasteiger partial charge on any atom is -0.443 e. The molecule has 0 bridgehead atoms. The molecule has 0 saturated heterocycles. The van der Waals surface area contributed by atoms with Gasteiger partial charge in [-0.1, -0.05) is 0 Å². The van der Waals surface area contributed by atoms with Crippen molar-refractivity contribution in [1.29, 1.82) is 0 Å². The Labute approximate surface area is 109 Å². The Morgan fingerprint density at radius 1 is 1.22 bits per heavy atom. The number of carbonyl (C=O) groups is 1. The summed E-state index contributed by atoms with van der Waals surface area (Å²) in [5, 5.41) is 2.79. The van der Waals surface area contributed by atoms with Crippen molar-refractivity contribution >= 4 is 6.09 Å². The van der Waals surface area contributed by atoms with Crippen molar-refractivity contribution in [2.45, 2.75) is 52.2 Å². The average molecular weight is 250 g/mol. The zero-order valence-corrected chi connectivity index (χ0v) is 11.8. The number of nitrogens with zero attached hydrogens (tertiary/aromatic N) is 1. The first-order valence-electron chi connectivity index (χ1n) is 6.08. The van der Waals surface area contributed by atoms with E-state index < -0.39 is 5.60 Å². The van der Waals surface area contributed by atoms with Gasteiger partial charge in [0.25, 0.3) is 0 Å². The topological polar surface area (TPSA) is 51.2 Å². The van der Waals surface area contributed by atoms with Crippen LogP contribution in [0.4, 0.5) is 4.79 Å². The molecule has 0 aliphatic rings. The standard InChI is InChI=1S/C14H22N2O2/c1-13(2,3)16-12(17)18-14(4,5)10-11-6-8-15-9-7-11/h6-9H,10H2,1-5H3,(H,16,17). The third-order valence-corrected chi connectivity index (χ3v) is 2.23. The molecular weight excluding hydrogens is 228 g/mol. The van der Waals surface area contributed by atoms with Gasteiger partial charge in [-0.3, -0.25) is 4.98 Å². The van der Waals surface area contributed by atoms with Crippen molar-refractivity contribution in [3.05, 3.63) is 30.1 Å². The Kier molecular flexibility index (Phi) is 4.33. The lowest BCUT2D eigenvalue weighted by molar-refractivity contribution is 0.0351. The summed E-state index contributed by atoms with van der Waals surface area (Å²) in [4.78, 5) is 15.7. The van der Waals surface area contributed by atoms with Crippen molar-refractivity contribution in [2.24, 2.45) is 0 Å². The third-order valence-electron chi connectivity index (χ3n) is 2.23. The molecule has 18 heavy (non-hydrogen) atoms. The van der Waals surface area contributed by atoms with Crippen LogP contribution in [0.3, 0.4) is 0 Å². The maximum Gasteiger partial charge on any atom is 0.408 e. The predicted octanol–water partition coefficient (Wildman–Crippen LogP) is 2.93. The lowest BCUT2D eigenvalue weighted by Gasteiger charge is -2.28. The molecule has 0 spiro atoms. The minimum atomic E-state index is -0.545. The highest BCUT2D eigenvalue weighted by atomic mass is 16.6. The quantitative estimate of drug-likeness (QED) is 0.897. The zero-order chi connectivity index (χ0) is 13.8. The van der Waals surface area contributed by atoms with Crippen molar-refractivity contribution < 1.29 is 9.53 Å². The number of hydrogen-bond acceptors (Lipinski definition) is 3. The van der Waals surface area contributed by atoms with Crippen LogP contribution in [0.2, 0.25) is 0 Å². The molecule has 0 aliphatic carbocycles. The monoisotopic (exact) mass is 250 g/mol. The van der Waals surface area contributed by atoms with Crippen LogP contribution in [0.25, 0.3) is 0 Å². The van der Waals surface area contributed by atoms with Crippen LogP contribution in [-0.2, 0) is 11.2 Å². The van der Waals surface area contributed by atoms with Gasteiger partial charge in [-0.15, -0.1) is 0 Å². The fourth-order valence-corrected chi connectivity index (χ4v) is 1.61. The number of pyridine rings is 1. The third kappa shape index (κ3) is 5.66. The Balaban J connectivity index is 2.57. The maximum absolute atomic E-state index is 11.7. The lowest BCUT2D eigenvalue weighted by atomic mass is 9.99. The average Bonchev–Trinajstić information content (AvgIpc) is 2.13. The first-order valence-corrected chi connectivity index (χ1v) is 6.08. The highest BCUT2D eigenvalue weighted by molar-refractivity contribution is 5.68. The maximum atomic E-state index is 11.7. The van der Waals surface area contributed by atoms with Crippen molar-refractivity contribution in [2.75, 3.05) is 0 Å². The first-order chi connectivity index (χ1) is 8.18. The van der Waals surface area contributed by atoms with E-state index in [1.807, 2.05) is 46.8 Å². The molecule has 0 atom stereocenters. The number of hydrogen-bond donors (Lipinski definition) is 1. The molecule has 1 N–H and O–H groups in total. The van der Waals surface area contributed by atoms with Crippen LogP contribution in [-0.4, -0.2) is 22.2 Å². The highest BCUT2D eigenvalue weighted by Gasteiger charge is 2.25. The van der Waals surface area contributed by atoms with Crippen molar-refractivity contribution in [3.8, 4) is 0 Å². The van der Waals surface area contributed by atoms with Gasteiger partial charge < -0.3 is 10.1 Å². The van der Waals surface area contributed by atoms with E-state index in [-0.39, 0.29) is 11.6 Å². The number of aromatic nitrogens is 1. The Morgan fingerprint density at radius 3 is 2.28 bits per heavy atom. The van der Waals surface area contributed by atoms with E-state index in [2.05, 4.69) is 10.3 Å². The largest absolute Gasteiger partial charge is 0.443 e. The molecule has 1 rings (SSSR count). The Bertz CT molecular complexity index is 394. The minimum absolute atomic E-state index is 0.288. The Morgan fingerprint density at radius 2 is 1.78 bits per heavy atom. The second-order valence-electron chi connectivity index (χ2n) is 6.06. The smallest absolute Gasteiger partial charge is 0.408 e. The summed E-state index contributed by atoms with van der Waals surface area (Å²) in [7, 11) is 0. The highest BCUT2D eigenvalue weighted by Crippen LogP contribution is 2.17. The van der Waals surface area contributed by atoms with Gasteiger partial charge in [-0.05, 0) is 52.3 Å². The number of ether oxygens (including phenoxy) is 1. The SMILES string of the molecule is CC(C)(C)NC(=O)OC(C)(C)Cc1ccncc1. The van der Waals surface area contributed by atoms with Crippen molar-refractivity contribution in [3.63, 3.8) is 0 Å². The molecule has 1 amide bonds. The first kappa shape index (κ1) is 14.5. The summed E-state index contributed by atoms with van der Waals surface area (Å²) < 4.78 is 5.45. The molecule has 0 radical (unpaired) electrons. The van der Waals surface area contributed by atoms with E-state index in [0.29, 0.717) is 6.42 Å². The zero-order valence-electron chi connectivity index (χ0n) is 11.8. The van der Waals surface area contributed by atoms with Crippen molar-refractivity contribution in [1.82, 2.24) is 10.3 Å². The summed E-state index contributed by atoms with van der Waals surface area (Å²) in [5.74, 6) is 0. The van der Waals surface area contributed by atoms with E-state index in [4.69, 9.17) is 4.74 Å². The van der Waals surface area contributed by atoms with Crippen LogP contribution < -0.4 is 5.32 Å². The molecule has 4 heteroatoms. The fourth-order valence-electron chi connectivity index (χ4n) is 1.61. The van der Waals surface area contributed by atoms with Gasteiger partial charge in [-0.25, -0.2) is 4.79 Å². The van der Waals surface area contributed by atoms with Crippen LogP contribution in [0.1, 0.15) is 40.2 Å². The molecule has 0 aromatic carbocycles. The van der Waals surface area contributed by atoms with Gasteiger partial charge in [0.15, 0.2) is 0 Å². The normalized spacial score (nSPS) is 12.1. The van der Waals surface area contributed by atoms with E-state index >= 15 is 0 Å². The fraction of sp³-hybridized carbons (Fsp3) is 0.571. The molecule has 0 fully saturated rings. The molecule has 1 heterocycles. The van der Waals surface area contributed by atoms with E-state index in [9.17, 15) is 4.79 Å². The van der Waals surface area contributed by atoms with E-state index in [1.165, 1.54) is 0 Å². The van der Waals surface area contributed by atoms with Gasteiger partial charge in [0.05, 0.1) is 0 Å². The molecular formula is C14H22N2O2. The number of carbonyl (C=O) groups excluding carboxylic acids is 1. The number of rotatable bonds is 3. The number of amides is 1. The van der Waals surface area contributed by atoms with Crippen LogP contribution >= 0.6 is 0 Å². The lowest BCUT2D eigenvalue weighted by Crippen LogP contribution is -2.44. The summed E-state index contributed by atoms with van der Waals surface area (Å²) in [6.45, 7) is 9.56. The van der Waals surface area contributed by atoms with Crippen LogP contribution in [0, 0.1) is 0 Å². The molecule has 1 aromatic rings.